The second-order valence-electron chi connectivity index (χ2n) is 11.8. The first-order valence-electron chi connectivity index (χ1n) is 15.8. The van der Waals surface area contributed by atoms with Crippen molar-refractivity contribution < 1.29 is 24.0 Å². The molecule has 0 unspecified atom stereocenters. The third-order valence-electron chi connectivity index (χ3n) is 9.46. The van der Waals surface area contributed by atoms with Crippen LogP contribution in [0.2, 0.25) is 0 Å². The number of ether oxygens (including phenoxy) is 1. The standard InChI is InChI=1S/C37H39N3O6/c1-5-36(6-2,34(42)39-37(7-3,8-4)35(43)46-23-24-12-19-29(20-13-24)40(44)45)38-31(41)22-28-17-16-27-15-14-25-10-9-11-26-18-21-30(28)33(27)32(25)26/h9-21H,5-8,22-23H2,1-4H3,(H,38,41)(H,39,42). The number of esters is 1. The zero-order valence-electron chi connectivity index (χ0n) is 26.6. The van der Waals surface area contributed by atoms with Crippen molar-refractivity contribution in [3.63, 3.8) is 0 Å². The van der Waals surface area contributed by atoms with E-state index in [0.29, 0.717) is 18.4 Å². The van der Waals surface area contributed by atoms with E-state index in [1.165, 1.54) is 29.7 Å². The van der Waals surface area contributed by atoms with Crippen LogP contribution in [0, 0.1) is 10.1 Å². The Morgan fingerprint density at radius 1 is 0.717 bits per heavy atom. The molecule has 0 saturated carbocycles. The van der Waals surface area contributed by atoms with Gasteiger partial charge in [-0.05, 0) is 81.3 Å². The molecule has 0 atom stereocenters. The zero-order chi connectivity index (χ0) is 33.1. The van der Waals surface area contributed by atoms with Crippen molar-refractivity contribution in [1.29, 1.82) is 0 Å². The van der Waals surface area contributed by atoms with Gasteiger partial charge >= 0.3 is 5.97 Å². The number of benzene rings is 5. The highest BCUT2D eigenvalue weighted by Crippen LogP contribution is 2.36. The highest BCUT2D eigenvalue weighted by atomic mass is 16.6. The highest BCUT2D eigenvalue weighted by Gasteiger charge is 2.44. The molecule has 5 rings (SSSR count). The van der Waals surface area contributed by atoms with E-state index in [1.807, 2.05) is 32.0 Å². The van der Waals surface area contributed by atoms with E-state index in [1.54, 1.807) is 13.8 Å². The smallest absolute Gasteiger partial charge is 0.332 e. The number of nitro benzene ring substituents is 1. The lowest BCUT2D eigenvalue weighted by atomic mass is 9.86. The minimum Gasteiger partial charge on any atom is -0.459 e. The lowest BCUT2D eigenvalue weighted by Gasteiger charge is -2.37. The fourth-order valence-electron chi connectivity index (χ4n) is 6.34. The molecule has 2 amide bonds. The molecule has 238 valence electrons. The Hall–Kier alpha value is -5.05. The monoisotopic (exact) mass is 621 g/mol. The van der Waals surface area contributed by atoms with Gasteiger partial charge in [0.15, 0.2) is 0 Å². The van der Waals surface area contributed by atoms with Crippen LogP contribution in [0.25, 0.3) is 32.3 Å². The van der Waals surface area contributed by atoms with Gasteiger partial charge in [0, 0.05) is 12.1 Å². The third kappa shape index (κ3) is 5.97. The van der Waals surface area contributed by atoms with E-state index >= 15 is 0 Å². The summed E-state index contributed by atoms with van der Waals surface area (Å²) in [5.74, 6) is -1.34. The molecule has 0 aliphatic carbocycles. The zero-order valence-corrected chi connectivity index (χ0v) is 26.6. The molecule has 5 aromatic carbocycles. The Kier molecular flexibility index (Phi) is 9.23. The lowest BCUT2D eigenvalue weighted by molar-refractivity contribution is -0.384. The van der Waals surface area contributed by atoms with Crippen LogP contribution in [0.3, 0.4) is 0 Å². The number of nitrogens with zero attached hydrogens (tertiary/aromatic N) is 1. The number of nitro groups is 1. The minimum atomic E-state index is -1.32. The number of rotatable bonds is 13. The fourth-order valence-corrected chi connectivity index (χ4v) is 6.34. The first-order valence-corrected chi connectivity index (χ1v) is 15.8. The average Bonchev–Trinajstić information content (AvgIpc) is 3.08. The first-order chi connectivity index (χ1) is 22.1. The third-order valence-corrected chi connectivity index (χ3v) is 9.46. The topological polar surface area (TPSA) is 128 Å². The van der Waals surface area contributed by atoms with Gasteiger partial charge in [-0.3, -0.25) is 19.7 Å². The van der Waals surface area contributed by atoms with Crippen LogP contribution in [0.4, 0.5) is 5.69 Å². The maximum atomic E-state index is 14.0. The second-order valence-corrected chi connectivity index (χ2v) is 11.8. The molecule has 0 spiro atoms. The molecule has 0 heterocycles. The van der Waals surface area contributed by atoms with Gasteiger partial charge in [-0.25, -0.2) is 4.79 Å². The number of hydrogen-bond donors (Lipinski definition) is 2. The average molecular weight is 622 g/mol. The molecule has 0 aliphatic rings. The predicted molar refractivity (Wildman–Crippen MR) is 180 cm³/mol. The number of nitrogens with one attached hydrogen (secondary N) is 2. The molecule has 0 bridgehead atoms. The second kappa shape index (κ2) is 13.1. The molecule has 0 fully saturated rings. The van der Waals surface area contributed by atoms with E-state index in [0.717, 1.165) is 32.5 Å². The van der Waals surface area contributed by atoms with Gasteiger partial charge in [-0.15, -0.1) is 0 Å². The summed E-state index contributed by atoms with van der Waals surface area (Å²) in [4.78, 5) is 51.5. The van der Waals surface area contributed by atoms with Crippen LogP contribution in [-0.2, 0) is 32.1 Å². The largest absolute Gasteiger partial charge is 0.459 e. The van der Waals surface area contributed by atoms with Crippen LogP contribution in [0.5, 0.6) is 0 Å². The van der Waals surface area contributed by atoms with Crippen LogP contribution in [0.1, 0.15) is 64.5 Å². The molecule has 0 aliphatic heterocycles. The van der Waals surface area contributed by atoms with Gasteiger partial charge in [0.2, 0.25) is 11.8 Å². The Bertz CT molecular complexity index is 1890. The Morgan fingerprint density at radius 2 is 1.28 bits per heavy atom. The summed E-state index contributed by atoms with van der Waals surface area (Å²) in [5, 5.41) is 23.6. The maximum Gasteiger partial charge on any atom is 0.332 e. The highest BCUT2D eigenvalue weighted by molar-refractivity contribution is 6.23. The van der Waals surface area contributed by atoms with Crippen molar-refractivity contribution in [2.75, 3.05) is 0 Å². The van der Waals surface area contributed by atoms with E-state index in [9.17, 15) is 24.5 Å². The molecule has 46 heavy (non-hydrogen) atoms. The van der Waals surface area contributed by atoms with E-state index in [2.05, 4.69) is 47.0 Å². The Balaban J connectivity index is 1.33. The molecule has 5 aromatic rings. The maximum absolute atomic E-state index is 14.0. The summed E-state index contributed by atoms with van der Waals surface area (Å²) in [7, 11) is 0. The van der Waals surface area contributed by atoms with Gasteiger partial charge in [0.05, 0.1) is 11.3 Å². The molecular formula is C37H39N3O6. The SMILES string of the molecule is CCC(CC)(NC(=O)Cc1ccc2ccc3cccc4ccc1c2c34)C(=O)NC(CC)(CC)C(=O)OCc1ccc([N+](=O)[O-])cc1. The summed E-state index contributed by atoms with van der Waals surface area (Å²) in [6.45, 7) is 7.17. The van der Waals surface area contributed by atoms with E-state index < -0.39 is 27.9 Å². The van der Waals surface area contributed by atoms with Crippen LogP contribution < -0.4 is 10.6 Å². The van der Waals surface area contributed by atoms with Gasteiger partial charge in [0.1, 0.15) is 17.7 Å². The quantitative estimate of drug-likeness (QED) is 0.0623. The van der Waals surface area contributed by atoms with Crippen molar-refractivity contribution in [3.05, 3.63) is 100 Å². The normalized spacial score (nSPS) is 12.0. The van der Waals surface area contributed by atoms with Crippen LogP contribution in [-0.4, -0.2) is 33.8 Å². The summed E-state index contributed by atoms with van der Waals surface area (Å²) < 4.78 is 5.60. The van der Waals surface area contributed by atoms with Crippen molar-refractivity contribution in [3.8, 4) is 0 Å². The molecular weight excluding hydrogens is 582 g/mol. The minimum absolute atomic E-state index is 0.0597. The Morgan fingerprint density at radius 3 is 1.87 bits per heavy atom. The van der Waals surface area contributed by atoms with Gasteiger partial charge in [-0.2, -0.15) is 0 Å². The lowest BCUT2D eigenvalue weighted by Crippen LogP contribution is -2.65. The number of amides is 2. The Labute approximate surface area is 267 Å². The van der Waals surface area contributed by atoms with Crippen LogP contribution >= 0.6 is 0 Å². The van der Waals surface area contributed by atoms with Crippen LogP contribution in [0.15, 0.2) is 78.9 Å². The summed E-state index contributed by atoms with van der Waals surface area (Å²) in [6, 6.07) is 24.3. The van der Waals surface area contributed by atoms with Crippen molar-refractivity contribution in [2.24, 2.45) is 0 Å². The van der Waals surface area contributed by atoms with E-state index in [4.69, 9.17) is 4.74 Å². The first kappa shape index (κ1) is 32.3. The molecule has 0 aromatic heterocycles. The van der Waals surface area contributed by atoms with Gasteiger partial charge in [0.25, 0.3) is 5.69 Å². The van der Waals surface area contributed by atoms with Crippen molar-refractivity contribution in [1.82, 2.24) is 10.6 Å². The molecule has 0 saturated heterocycles. The molecule has 0 radical (unpaired) electrons. The molecule has 9 heteroatoms. The molecule has 9 nitrogen and oxygen atoms in total. The number of hydrogen-bond acceptors (Lipinski definition) is 6. The number of carbonyl (C=O) groups excluding carboxylic acids is 3. The van der Waals surface area contributed by atoms with Crippen molar-refractivity contribution in [2.45, 2.75) is 77.5 Å². The number of non-ortho nitro benzene ring substituents is 1. The fraction of sp³-hybridized carbons (Fsp3) is 0.324. The predicted octanol–water partition coefficient (Wildman–Crippen LogP) is 7.13. The van der Waals surface area contributed by atoms with E-state index in [-0.39, 0.29) is 37.5 Å². The summed E-state index contributed by atoms with van der Waals surface area (Å²) >= 11 is 0. The molecule has 2 N–H and O–H groups in total. The van der Waals surface area contributed by atoms with Gasteiger partial charge in [-0.1, -0.05) is 82.3 Å². The number of carbonyl (C=O) groups is 3. The summed E-state index contributed by atoms with van der Waals surface area (Å²) in [6.07, 6.45) is 1.28. The van der Waals surface area contributed by atoms with Crippen molar-refractivity contribution >= 4 is 55.8 Å². The summed E-state index contributed by atoms with van der Waals surface area (Å²) in [5.41, 5.74) is -1.16. The van der Waals surface area contributed by atoms with Gasteiger partial charge < -0.3 is 15.4 Å².